The van der Waals surface area contributed by atoms with Crippen molar-refractivity contribution in [1.82, 2.24) is 0 Å². The second-order valence-corrected chi connectivity index (χ2v) is 3.86. The van der Waals surface area contributed by atoms with E-state index in [1.807, 2.05) is 42.5 Å². The van der Waals surface area contributed by atoms with Crippen LogP contribution in [0.3, 0.4) is 0 Å². The average Bonchev–Trinajstić information content (AvgIpc) is 2.47. The van der Waals surface area contributed by atoms with Gasteiger partial charge in [-0.2, -0.15) is 0 Å². The van der Waals surface area contributed by atoms with E-state index >= 15 is 0 Å². The fourth-order valence-corrected chi connectivity index (χ4v) is 1.77. The molecule has 0 saturated heterocycles. The highest BCUT2D eigenvalue weighted by Crippen LogP contribution is 2.22. The molecule has 0 unspecified atom stereocenters. The van der Waals surface area contributed by atoms with Crippen molar-refractivity contribution in [3.05, 3.63) is 103 Å². The van der Waals surface area contributed by atoms with E-state index in [9.17, 15) is 0 Å². The fraction of sp³-hybridized carbons (Fsp3) is 0. The highest BCUT2D eigenvalue weighted by molar-refractivity contribution is 5.80. The lowest BCUT2D eigenvalue weighted by Crippen LogP contribution is -1.86. The van der Waals surface area contributed by atoms with Gasteiger partial charge < -0.3 is 0 Å². The lowest BCUT2D eigenvalue weighted by atomic mass is 9.97. The third-order valence-corrected chi connectivity index (χ3v) is 2.61. The van der Waals surface area contributed by atoms with Crippen LogP contribution in [0.1, 0.15) is 12.5 Å². The Hall–Kier alpha value is -2.34. The highest BCUT2D eigenvalue weighted by Gasteiger charge is 2.02. The van der Waals surface area contributed by atoms with Crippen LogP contribution in [0.15, 0.2) is 91.5 Å². The van der Waals surface area contributed by atoms with Crippen LogP contribution < -0.4 is 0 Å². The van der Waals surface area contributed by atoms with E-state index in [2.05, 4.69) is 30.8 Å². The van der Waals surface area contributed by atoms with Gasteiger partial charge in [-0.15, -0.1) is 0 Å². The molecule has 0 aliphatic carbocycles. The molecule has 0 nitrogen and oxygen atoms in total. The van der Waals surface area contributed by atoms with E-state index in [1.165, 1.54) is 0 Å². The zero-order valence-corrected chi connectivity index (χ0v) is 10.2. The van der Waals surface area contributed by atoms with Crippen molar-refractivity contribution in [3.8, 4) is 0 Å². The monoisotopic (exact) mass is 233 g/mol. The number of rotatable bonds is 4. The summed E-state index contributed by atoms with van der Waals surface area (Å²) in [5, 5.41) is 0. The summed E-state index contributed by atoms with van der Waals surface area (Å²) in [6.07, 6.45) is 5.19. The minimum absolute atomic E-state index is 0.442. The maximum absolute atomic E-state index is 7.91. The molecule has 0 aliphatic rings. The maximum Gasteiger partial charge on any atom is 0.0623 e. The predicted octanol–water partition coefficient (Wildman–Crippen LogP) is 4.86. The fourth-order valence-electron chi connectivity index (χ4n) is 1.77. The first-order valence-electron chi connectivity index (χ1n) is 6.43. The van der Waals surface area contributed by atoms with Crippen LogP contribution in [0.25, 0.3) is 5.57 Å². The Kier molecular flexibility index (Phi) is 3.84. The largest absolute Gasteiger partial charge is 0.0991 e. The van der Waals surface area contributed by atoms with Crippen LogP contribution in [-0.2, 0) is 0 Å². The van der Waals surface area contributed by atoms with Gasteiger partial charge in [-0.05, 0) is 16.7 Å². The number of benzene rings is 2. The molecule has 0 heterocycles. The topological polar surface area (TPSA) is 0 Å². The summed E-state index contributed by atoms with van der Waals surface area (Å²) in [5.41, 5.74) is 3.26. The molecule has 88 valence electrons. The first-order valence-corrected chi connectivity index (χ1v) is 5.93. The molecule has 0 bridgehead atoms. The van der Waals surface area contributed by atoms with Gasteiger partial charge in [-0.3, -0.25) is 0 Å². The van der Waals surface area contributed by atoms with E-state index in [1.54, 1.807) is 12.2 Å². The van der Waals surface area contributed by atoms with Gasteiger partial charge in [0.15, 0.2) is 0 Å². The molecule has 0 aliphatic heterocycles. The molecule has 0 spiro atoms. The standard InChI is InChI=1S/C18H16/c1-2-3-6-15-18(16-11-7-4-8-12-16)17-13-9-5-10-14-17/h2-15H,1H2/b6-3+/i6D. The zero-order chi connectivity index (χ0) is 13.5. The zero-order valence-electron chi connectivity index (χ0n) is 11.2. The van der Waals surface area contributed by atoms with Gasteiger partial charge in [-0.1, -0.05) is 91.5 Å². The van der Waals surface area contributed by atoms with Gasteiger partial charge in [0.25, 0.3) is 0 Å². The molecule has 2 aromatic carbocycles. The van der Waals surface area contributed by atoms with E-state index in [0.717, 1.165) is 16.7 Å². The van der Waals surface area contributed by atoms with Gasteiger partial charge in [0, 0.05) is 0 Å². The SMILES string of the molecule is [2H]/C(C=C(c1ccccc1)c1ccccc1)=C\C=C. The summed E-state index contributed by atoms with van der Waals surface area (Å²) in [6.45, 7) is 3.63. The van der Waals surface area contributed by atoms with Gasteiger partial charge in [0.2, 0.25) is 0 Å². The minimum Gasteiger partial charge on any atom is -0.0991 e. The normalized spacial score (nSPS) is 11.6. The first kappa shape index (κ1) is 10.8. The second-order valence-electron chi connectivity index (χ2n) is 3.86. The van der Waals surface area contributed by atoms with Crippen LogP contribution in [-0.4, -0.2) is 0 Å². The molecule has 0 heteroatoms. The molecule has 0 fully saturated rings. The molecule has 2 aromatic rings. The molecule has 0 aromatic heterocycles. The summed E-state index contributed by atoms with van der Waals surface area (Å²) in [4.78, 5) is 0. The van der Waals surface area contributed by atoms with Crippen molar-refractivity contribution in [3.63, 3.8) is 0 Å². The predicted molar refractivity (Wildman–Crippen MR) is 79.3 cm³/mol. The molecule has 0 saturated carbocycles. The molecular weight excluding hydrogens is 216 g/mol. The van der Waals surface area contributed by atoms with Crippen molar-refractivity contribution >= 4 is 5.57 Å². The van der Waals surface area contributed by atoms with Gasteiger partial charge in [-0.25, -0.2) is 0 Å². The molecule has 0 atom stereocenters. The molecule has 2 rings (SSSR count). The third kappa shape index (κ3) is 3.08. The van der Waals surface area contributed by atoms with Crippen molar-refractivity contribution < 1.29 is 1.37 Å². The Bertz CT molecular complexity index is 551. The Balaban J connectivity index is 2.52. The summed E-state index contributed by atoms with van der Waals surface area (Å²) < 4.78 is 7.91. The van der Waals surface area contributed by atoms with Crippen LogP contribution in [0.5, 0.6) is 0 Å². The van der Waals surface area contributed by atoms with Crippen LogP contribution in [0.4, 0.5) is 0 Å². The Morgan fingerprint density at radius 2 is 1.39 bits per heavy atom. The van der Waals surface area contributed by atoms with E-state index in [4.69, 9.17) is 1.37 Å². The molecule has 0 radical (unpaired) electrons. The van der Waals surface area contributed by atoms with Crippen molar-refractivity contribution in [2.24, 2.45) is 0 Å². The third-order valence-electron chi connectivity index (χ3n) is 2.61. The smallest absolute Gasteiger partial charge is 0.0623 e. The maximum atomic E-state index is 7.91. The van der Waals surface area contributed by atoms with E-state index in [-0.39, 0.29) is 0 Å². The molecule has 18 heavy (non-hydrogen) atoms. The number of hydrogen-bond acceptors (Lipinski definition) is 0. The molecule has 0 amide bonds. The number of hydrogen-bond donors (Lipinski definition) is 0. The van der Waals surface area contributed by atoms with E-state index in [0.29, 0.717) is 6.05 Å². The summed E-state index contributed by atoms with van der Waals surface area (Å²) >= 11 is 0. The van der Waals surface area contributed by atoms with Gasteiger partial charge >= 0.3 is 0 Å². The van der Waals surface area contributed by atoms with Crippen LogP contribution in [0, 0.1) is 0 Å². The second kappa shape index (κ2) is 6.41. The first-order chi connectivity index (χ1) is 9.31. The van der Waals surface area contributed by atoms with Gasteiger partial charge in [0.05, 0.1) is 1.37 Å². The lowest BCUT2D eigenvalue weighted by Gasteiger charge is -2.07. The molecular formula is C18H16. The Labute approximate surface area is 110 Å². The highest BCUT2D eigenvalue weighted by atomic mass is 14.1. The van der Waals surface area contributed by atoms with Crippen molar-refractivity contribution in [2.45, 2.75) is 0 Å². The lowest BCUT2D eigenvalue weighted by molar-refractivity contribution is 1.55. The van der Waals surface area contributed by atoms with E-state index < -0.39 is 0 Å². The Morgan fingerprint density at radius 1 is 0.889 bits per heavy atom. The Morgan fingerprint density at radius 3 is 1.83 bits per heavy atom. The average molecular weight is 233 g/mol. The van der Waals surface area contributed by atoms with Crippen LogP contribution >= 0.6 is 0 Å². The van der Waals surface area contributed by atoms with Gasteiger partial charge in [0.1, 0.15) is 0 Å². The summed E-state index contributed by atoms with van der Waals surface area (Å²) in [7, 11) is 0. The quantitative estimate of drug-likeness (QED) is 0.661. The molecule has 0 N–H and O–H groups in total. The van der Waals surface area contributed by atoms with Crippen molar-refractivity contribution in [2.75, 3.05) is 0 Å². The number of allylic oxidation sites excluding steroid dienone is 4. The van der Waals surface area contributed by atoms with Crippen LogP contribution in [0.2, 0.25) is 0 Å². The minimum atomic E-state index is 0.442. The summed E-state index contributed by atoms with van der Waals surface area (Å²) in [5.74, 6) is 0. The van der Waals surface area contributed by atoms with Crippen molar-refractivity contribution in [1.29, 1.82) is 0 Å². The summed E-state index contributed by atoms with van der Waals surface area (Å²) in [6, 6.07) is 20.7.